The minimum absolute atomic E-state index is 0.0278. The number of fused-ring (bicyclic) bond motifs is 4. The summed E-state index contributed by atoms with van der Waals surface area (Å²) < 4.78 is 18.7. The van der Waals surface area contributed by atoms with Gasteiger partial charge in [0.15, 0.2) is 11.6 Å². The van der Waals surface area contributed by atoms with Crippen LogP contribution in [0.25, 0.3) is 0 Å². The van der Waals surface area contributed by atoms with Gasteiger partial charge in [-0.25, -0.2) is 0 Å². The topological polar surface area (TPSA) is 48.1 Å². The number of Topliss-reactive ketones (excluding diaryl/α,β-unsaturated/α-hetero) is 1. The van der Waals surface area contributed by atoms with Gasteiger partial charge in [0.05, 0.1) is 19.3 Å². The Labute approximate surface area is 162 Å². The van der Waals surface area contributed by atoms with Gasteiger partial charge in [-0.05, 0) is 67.8 Å². The van der Waals surface area contributed by atoms with Gasteiger partial charge in [-0.15, -0.1) is 0 Å². The van der Waals surface area contributed by atoms with Gasteiger partial charge in [-0.1, -0.05) is 19.9 Å². The van der Waals surface area contributed by atoms with Crippen molar-refractivity contribution in [3.8, 4) is 0 Å². The fourth-order valence-electron chi connectivity index (χ4n) is 8.48. The molecule has 0 aromatic rings. The highest BCUT2D eigenvalue weighted by Gasteiger charge is 2.78. The first-order chi connectivity index (χ1) is 12.8. The summed E-state index contributed by atoms with van der Waals surface area (Å²) in [6.07, 6.45) is 10.3. The van der Waals surface area contributed by atoms with Gasteiger partial charge >= 0.3 is 0 Å². The molecule has 0 unspecified atom stereocenters. The van der Waals surface area contributed by atoms with E-state index < -0.39 is 0 Å². The highest BCUT2D eigenvalue weighted by Crippen LogP contribution is 2.74. The fraction of sp³-hybridized carbons (Fsp3) is 0.870. The van der Waals surface area contributed by atoms with Crippen molar-refractivity contribution in [3.63, 3.8) is 0 Å². The first-order valence-electron chi connectivity index (χ1n) is 11.0. The van der Waals surface area contributed by atoms with E-state index in [4.69, 9.17) is 14.2 Å². The molecule has 0 radical (unpaired) electrons. The second-order valence-corrected chi connectivity index (χ2v) is 10.7. The fourth-order valence-corrected chi connectivity index (χ4v) is 8.48. The Hall–Kier alpha value is -0.710. The minimum atomic E-state index is -0.374. The lowest BCUT2D eigenvalue weighted by Gasteiger charge is -2.60. The monoisotopic (exact) mass is 372 g/mol. The number of epoxide rings is 1. The smallest absolute Gasteiger partial charge is 0.171 e. The molecule has 0 amide bonds. The van der Waals surface area contributed by atoms with Crippen LogP contribution in [-0.4, -0.2) is 36.5 Å². The van der Waals surface area contributed by atoms with E-state index in [9.17, 15) is 4.79 Å². The molecule has 148 valence electrons. The average Bonchev–Trinajstić information content (AvgIpc) is 2.98. The Kier molecular flexibility index (Phi) is 3.22. The molecule has 3 saturated carbocycles. The third-order valence-electron chi connectivity index (χ3n) is 9.85. The number of hydrogen-bond acceptors (Lipinski definition) is 4. The number of rotatable bonds is 1. The van der Waals surface area contributed by atoms with Gasteiger partial charge < -0.3 is 14.2 Å². The highest BCUT2D eigenvalue weighted by atomic mass is 16.7. The molecule has 2 aliphatic heterocycles. The Morgan fingerprint density at radius 2 is 1.89 bits per heavy atom. The number of ketones is 1. The molecular formula is C23H32O4. The number of carbonyl (C=O) groups excluding carboxylic acids is 1. The number of allylic oxidation sites excluding steroid dienone is 2. The van der Waals surface area contributed by atoms with Crippen molar-refractivity contribution in [2.75, 3.05) is 13.2 Å². The Balaban J connectivity index is 1.33. The summed E-state index contributed by atoms with van der Waals surface area (Å²) in [5.74, 6) is 1.91. The summed E-state index contributed by atoms with van der Waals surface area (Å²) in [7, 11) is 0. The molecule has 7 atom stereocenters. The second-order valence-electron chi connectivity index (χ2n) is 10.7. The summed E-state index contributed by atoms with van der Waals surface area (Å²) >= 11 is 0. The third kappa shape index (κ3) is 1.93. The predicted octanol–water partition coefficient (Wildman–Crippen LogP) is 4.03. The van der Waals surface area contributed by atoms with Crippen molar-refractivity contribution in [1.82, 2.24) is 0 Å². The zero-order chi connectivity index (χ0) is 18.7. The van der Waals surface area contributed by atoms with Crippen LogP contribution in [0.5, 0.6) is 0 Å². The molecule has 27 heavy (non-hydrogen) atoms. The maximum atomic E-state index is 12.3. The van der Waals surface area contributed by atoms with E-state index >= 15 is 0 Å². The number of ether oxygens (including phenoxy) is 3. The van der Waals surface area contributed by atoms with Gasteiger partial charge in [0.2, 0.25) is 0 Å². The Bertz CT molecular complexity index is 737. The van der Waals surface area contributed by atoms with Gasteiger partial charge in [-0.2, -0.15) is 0 Å². The normalized spacial score (nSPS) is 54.6. The van der Waals surface area contributed by atoms with E-state index in [2.05, 4.69) is 19.9 Å². The van der Waals surface area contributed by atoms with E-state index in [1.807, 2.05) is 0 Å². The SMILES string of the molecule is CC(=O)C1=CC[C@H]2[C@@H]3C[C@H]4O[C@]45CC4(CC[C@]5(C)[C@H]3CC[C@]12C)OCCO4. The zero-order valence-electron chi connectivity index (χ0n) is 16.9. The first kappa shape index (κ1) is 17.2. The van der Waals surface area contributed by atoms with Gasteiger partial charge in [0, 0.05) is 18.3 Å². The van der Waals surface area contributed by atoms with E-state index in [-0.39, 0.29) is 28.0 Å². The van der Waals surface area contributed by atoms with Crippen LogP contribution >= 0.6 is 0 Å². The molecular weight excluding hydrogens is 340 g/mol. The Morgan fingerprint density at radius 1 is 1.11 bits per heavy atom. The molecule has 5 fully saturated rings. The van der Waals surface area contributed by atoms with E-state index in [0.29, 0.717) is 23.9 Å². The molecule has 4 aliphatic carbocycles. The first-order valence-corrected chi connectivity index (χ1v) is 11.0. The Morgan fingerprint density at radius 3 is 2.63 bits per heavy atom. The van der Waals surface area contributed by atoms with Crippen LogP contribution in [-0.2, 0) is 19.0 Å². The number of hydrogen-bond donors (Lipinski definition) is 0. The molecule has 6 rings (SSSR count). The van der Waals surface area contributed by atoms with Crippen molar-refractivity contribution in [1.29, 1.82) is 0 Å². The van der Waals surface area contributed by atoms with E-state index in [1.54, 1.807) is 6.92 Å². The van der Waals surface area contributed by atoms with Crippen LogP contribution in [0.15, 0.2) is 11.6 Å². The maximum Gasteiger partial charge on any atom is 0.171 e. The molecule has 4 heteroatoms. The summed E-state index contributed by atoms with van der Waals surface area (Å²) in [5.41, 5.74) is 1.40. The molecule has 2 heterocycles. The molecule has 0 aromatic heterocycles. The molecule has 2 spiro atoms. The average molecular weight is 373 g/mol. The van der Waals surface area contributed by atoms with Crippen molar-refractivity contribution >= 4 is 5.78 Å². The molecule has 4 nitrogen and oxygen atoms in total. The van der Waals surface area contributed by atoms with Crippen LogP contribution in [0, 0.1) is 28.6 Å². The van der Waals surface area contributed by atoms with Crippen LogP contribution in [0.1, 0.15) is 65.7 Å². The van der Waals surface area contributed by atoms with Crippen LogP contribution in [0.3, 0.4) is 0 Å². The van der Waals surface area contributed by atoms with Gasteiger partial charge in [-0.3, -0.25) is 4.79 Å². The van der Waals surface area contributed by atoms with Crippen LogP contribution in [0.4, 0.5) is 0 Å². The number of carbonyl (C=O) groups is 1. The molecule has 6 aliphatic rings. The van der Waals surface area contributed by atoms with Crippen molar-refractivity contribution in [3.05, 3.63) is 11.6 Å². The quantitative estimate of drug-likeness (QED) is 0.652. The largest absolute Gasteiger partial charge is 0.365 e. The van der Waals surface area contributed by atoms with E-state index in [0.717, 1.165) is 57.3 Å². The maximum absolute atomic E-state index is 12.3. The van der Waals surface area contributed by atoms with Crippen molar-refractivity contribution in [2.45, 2.75) is 83.2 Å². The van der Waals surface area contributed by atoms with Gasteiger partial charge in [0.25, 0.3) is 0 Å². The van der Waals surface area contributed by atoms with Crippen molar-refractivity contribution in [2.24, 2.45) is 28.6 Å². The second kappa shape index (κ2) is 5.06. The summed E-state index contributed by atoms with van der Waals surface area (Å²) in [6, 6.07) is 0. The predicted molar refractivity (Wildman–Crippen MR) is 100 cm³/mol. The molecule has 0 aromatic carbocycles. The van der Waals surface area contributed by atoms with Crippen LogP contribution < -0.4 is 0 Å². The summed E-state index contributed by atoms with van der Waals surface area (Å²) in [5, 5.41) is 0. The standard InChI is InChI=1S/C23H32O4/c1-14(24)16-4-5-17-15-12-19-23(27-19)13-22(25-10-11-26-22)9-8-21(23,3)18(15)6-7-20(16,17)2/h4,15,17-19H,5-13H2,1-3H3/t15-,17-,18-,19+,20+,21+,23+/m0/s1. The third-order valence-corrected chi connectivity index (χ3v) is 9.85. The summed E-state index contributed by atoms with van der Waals surface area (Å²) in [4.78, 5) is 12.3. The lowest BCUT2D eigenvalue weighted by atomic mass is 9.44. The zero-order valence-corrected chi connectivity index (χ0v) is 16.9. The lowest BCUT2D eigenvalue weighted by molar-refractivity contribution is -0.226. The minimum Gasteiger partial charge on any atom is -0.365 e. The van der Waals surface area contributed by atoms with Crippen LogP contribution in [0.2, 0.25) is 0 Å². The summed E-state index contributed by atoms with van der Waals surface area (Å²) in [6.45, 7) is 8.07. The molecule has 0 bridgehead atoms. The van der Waals surface area contributed by atoms with Crippen molar-refractivity contribution < 1.29 is 19.0 Å². The lowest BCUT2D eigenvalue weighted by Crippen LogP contribution is -2.60. The molecule has 2 saturated heterocycles. The van der Waals surface area contributed by atoms with Gasteiger partial charge in [0.1, 0.15) is 5.60 Å². The van der Waals surface area contributed by atoms with E-state index in [1.165, 1.54) is 6.42 Å². The molecule has 0 N–H and O–H groups in total. The highest BCUT2D eigenvalue weighted by molar-refractivity contribution is 5.95.